The minimum absolute atomic E-state index is 0.0319. The van der Waals surface area contributed by atoms with Crippen LogP contribution in [-0.4, -0.2) is 18.3 Å². The van der Waals surface area contributed by atoms with E-state index in [9.17, 15) is 0 Å². The molecule has 0 radical (unpaired) electrons. The van der Waals surface area contributed by atoms with Crippen LogP contribution in [0.1, 0.15) is 5.56 Å². The molecule has 0 heterocycles. The number of aliphatic hydroxyl groups is 1. The number of rotatable bonds is 4. The molecule has 0 unspecified atom stereocenters. The lowest BCUT2D eigenvalue weighted by Crippen LogP contribution is -2.01. The van der Waals surface area contributed by atoms with E-state index in [-0.39, 0.29) is 6.61 Å². The third-order valence-corrected chi connectivity index (χ3v) is 2.47. The predicted octanol–water partition coefficient (Wildman–Crippen LogP) is 1.67. The molecule has 3 heteroatoms. The molecule has 0 aliphatic carbocycles. The highest BCUT2D eigenvalue weighted by atomic mass is 16.5. The van der Waals surface area contributed by atoms with E-state index in [1.54, 1.807) is 0 Å². The highest BCUT2D eigenvalue weighted by molar-refractivity contribution is 5.84. The van der Waals surface area contributed by atoms with Gasteiger partial charge in [0.25, 0.3) is 0 Å². The van der Waals surface area contributed by atoms with Crippen LogP contribution < -0.4 is 10.5 Å². The van der Waals surface area contributed by atoms with Crippen LogP contribution in [0.25, 0.3) is 10.8 Å². The number of fused-ring (bicyclic) bond motifs is 1. The summed E-state index contributed by atoms with van der Waals surface area (Å²) in [6, 6.07) is 12.0. The van der Waals surface area contributed by atoms with Crippen LogP contribution in [0.3, 0.4) is 0 Å². The van der Waals surface area contributed by atoms with Gasteiger partial charge in [-0.05, 0) is 34.5 Å². The second-order valence-electron chi connectivity index (χ2n) is 3.62. The summed E-state index contributed by atoms with van der Waals surface area (Å²) in [6.07, 6.45) is 0. The first-order valence-electron chi connectivity index (χ1n) is 5.30. The minimum atomic E-state index is 0.0319. The van der Waals surface area contributed by atoms with E-state index in [0.29, 0.717) is 13.2 Å². The number of hydrogen-bond acceptors (Lipinski definition) is 3. The van der Waals surface area contributed by atoms with Gasteiger partial charge >= 0.3 is 0 Å². The van der Waals surface area contributed by atoms with Crippen molar-refractivity contribution in [3.63, 3.8) is 0 Å². The lowest BCUT2D eigenvalue weighted by atomic mass is 10.1. The Morgan fingerprint density at radius 1 is 1.06 bits per heavy atom. The van der Waals surface area contributed by atoms with Gasteiger partial charge in [0, 0.05) is 6.54 Å². The number of benzene rings is 2. The molecule has 0 aromatic heterocycles. The second kappa shape index (κ2) is 4.96. The van der Waals surface area contributed by atoms with Gasteiger partial charge in [-0.2, -0.15) is 0 Å². The molecule has 0 bridgehead atoms. The number of ether oxygens (including phenoxy) is 1. The summed E-state index contributed by atoms with van der Waals surface area (Å²) in [7, 11) is 0. The van der Waals surface area contributed by atoms with Crippen molar-refractivity contribution in [2.45, 2.75) is 6.54 Å². The van der Waals surface area contributed by atoms with Gasteiger partial charge in [0.15, 0.2) is 0 Å². The predicted molar refractivity (Wildman–Crippen MR) is 64.4 cm³/mol. The number of nitrogens with two attached hydrogens (primary N) is 1. The molecule has 0 saturated heterocycles. The molecule has 2 rings (SSSR count). The van der Waals surface area contributed by atoms with Crippen LogP contribution in [0, 0.1) is 0 Å². The topological polar surface area (TPSA) is 55.5 Å². The zero-order valence-electron chi connectivity index (χ0n) is 9.02. The van der Waals surface area contributed by atoms with Crippen LogP contribution in [-0.2, 0) is 6.54 Å². The highest BCUT2D eigenvalue weighted by Crippen LogP contribution is 2.21. The average molecular weight is 217 g/mol. The molecule has 0 aliphatic heterocycles. The third-order valence-electron chi connectivity index (χ3n) is 2.47. The van der Waals surface area contributed by atoms with E-state index in [1.165, 1.54) is 0 Å². The molecule has 2 aromatic rings. The van der Waals surface area contributed by atoms with E-state index in [2.05, 4.69) is 6.07 Å². The summed E-state index contributed by atoms with van der Waals surface area (Å²) < 4.78 is 5.35. The van der Waals surface area contributed by atoms with Crippen LogP contribution in [0.5, 0.6) is 5.75 Å². The van der Waals surface area contributed by atoms with Gasteiger partial charge in [-0.1, -0.05) is 18.2 Å². The summed E-state index contributed by atoms with van der Waals surface area (Å²) in [4.78, 5) is 0. The van der Waals surface area contributed by atoms with Crippen molar-refractivity contribution >= 4 is 10.8 Å². The van der Waals surface area contributed by atoms with E-state index in [1.807, 2.05) is 30.3 Å². The fraction of sp³-hybridized carbons (Fsp3) is 0.231. The Balaban J connectivity index is 2.32. The van der Waals surface area contributed by atoms with Crippen molar-refractivity contribution in [1.82, 2.24) is 0 Å². The molecular formula is C13H15NO2. The SMILES string of the molecule is NCc1ccc2cc(OCCO)ccc2c1. The van der Waals surface area contributed by atoms with Crippen LogP contribution >= 0.6 is 0 Å². The maximum Gasteiger partial charge on any atom is 0.120 e. The molecule has 0 spiro atoms. The van der Waals surface area contributed by atoms with Crippen molar-refractivity contribution in [2.75, 3.05) is 13.2 Å². The number of aliphatic hydroxyl groups excluding tert-OH is 1. The fourth-order valence-electron chi connectivity index (χ4n) is 1.65. The van der Waals surface area contributed by atoms with Crippen molar-refractivity contribution in [3.05, 3.63) is 42.0 Å². The van der Waals surface area contributed by atoms with Crippen molar-refractivity contribution < 1.29 is 9.84 Å². The molecule has 3 N–H and O–H groups in total. The van der Waals surface area contributed by atoms with Gasteiger partial charge in [0.2, 0.25) is 0 Å². The van der Waals surface area contributed by atoms with E-state index in [0.717, 1.165) is 22.1 Å². The van der Waals surface area contributed by atoms with E-state index < -0.39 is 0 Å². The first kappa shape index (κ1) is 10.9. The van der Waals surface area contributed by atoms with Crippen LogP contribution in [0.2, 0.25) is 0 Å². The maximum absolute atomic E-state index is 8.67. The van der Waals surface area contributed by atoms with Crippen LogP contribution in [0.15, 0.2) is 36.4 Å². The molecule has 0 aliphatic rings. The number of hydrogen-bond donors (Lipinski definition) is 2. The zero-order valence-corrected chi connectivity index (χ0v) is 9.02. The molecule has 0 saturated carbocycles. The molecule has 3 nitrogen and oxygen atoms in total. The molecule has 0 amide bonds. The Morgan fingerprint density at radius 2 is 1.81 bits per heavy atom. The third kappa shape index (κ3) is 2.32. The smallest absolute Gasteiger partial charge is 0.120 e. The quantitative estimate of drug-likeness (QED) is 0.819. The van der Waals surface area contributed by atoms with Gasteiger partial charge in [0.1, 0.15) is 12.4 Å². The lowest BCUT2D eigenvalue weighted by molar-refractivity contribution is 0.201. The Kier molecular flexibility index (Phi) is 3.39. The second-order valence-corrected chi connectivity index (χ2v) is 3.62. The molecule has 16 heavy (non-hydrogen) atoms. The largest absolute Gasteiger partial charge is 0.491 e. The van der Waals surface area contributed by atoms with Crippen molar-refractivity contribution in [3.8, 4) is 5.75 Å². The van der Waals surface area contributed by atoms with Crippen molar-refractivity contribution in [2.24, 2.45) is 5.73 Å². The van der Waals surface area contributed by atoms with E-state index in [4.69, 9.17) is 15.6 Å². The van der Waals surface area contributed by atoms with E-state index >= 15 is 0 Å². The molecule has 0 fully saturated rings. The van der Waals surface area contributed by atoms with Gasteiger partial charge in [-0.25, -0.2) is 0 Å². The Hall–Kier alpha value is -1.58. The Bertz CT molecular complexity index is 482. The first-order chi connectivity index (χ1) is 7.83. The Morgan fingerprint density at radius 3 is 2.56 bits per heavy atom. The van der Waals surface area contributed by atoms with Gasteiger partial charge in [0.05, 0.1) is 6.61 Å². The molecule has 84 valence electrons. The van der Waals surface area contributed by atoms with Gasteiger partial charge in [-0.3, -0.25) is 0 Å². The molecular weight excluding hydrogens is 202 g/mol. The molecule has 0 atom stereocenters. The maximum atomic E-state index is 8.67. The molecule has 2 aromatic carbocycles. The Labute approximate surface area is 94.5 Å². The lowest BCUT2D eigenvalue weighted by Gasteiger charge is -2.06. The van der Waals surface area contributed by atoms with Gasteiger partial charge in [-0.15, -0.1) is 0 Å². The first-order valence-corrected chi connectivity index (χ1v) is 5.30. The van der Waals surface area contributed by atoms with Gasteiger partial charge < -0.3 is 15.6 Å². The standard InChI is InChI=1S/C13H15NO2/c14-9-10-1-2-12-8-13(16-6-5-15)4-3-11(12)7-10/h1-4,7-8,15H,5-6,9,14H2. The average Bonchev–Trinajstić information content (AvgIpc) is 2.35. The summed E-state index contributed by atoms with van der Waals surface area (Å²) in [6.45, 7) is 0.912. The monoisotopic (exact) mass is 217 g/mol. The summed E-state index contributed by atoms with van der Waals surface area (Å²) in [5.41, 5.74) is 6.71. The summed E-state index contributed by atoms with van der Waals surface area (Å²) in [5, 5.41) is 10.9. The zero-order chi connectivity index (χ0) is 11.4. The fourth-order valence-corrected chi connectivity index (χ4v) is 1.65. The van der Waals surface area contributed by atoms with Crippen LogP contribution in [0.4, 0.5) is 0 Å². The van der Waals surface area contributed by atoms with Crippen molar-refractivity contribution in [1.29, 1.82) is 0 Å². The minimum Gasteiger partial charge on any atom is -0.491 e. The highest BCUT2D eigenvalue weighted by Gasteiger charge is 1.98. The normalized spacial score (nSPS) is 10.6. The summed E-state index contributed by atoms with van der Waals surface area (Å²) in [5.74, 6) is 0.780. The summed E-state index contributed by atoms with van der Waals surface area (Å²) >= 11 is 0.